The Bertz CT molecular complexity index is 1020. The molecule has 0 radical (unpaired) electrons. The van der Waals surface area contributed by atoms with E-state index in [0.29, 0.717) is 37.6 Å². The Labute approximate surface area is 169 Å². The number of furan rings is 2. The molecule has 1 aliphatic rings. The second kappa shape index (κ2) is 7.99. The third-order valence-electron chi connectivity index (χ3n) is 4.91. The van der Waals surface area contributed by atoms with E-state index in [4.69, 9.17) is 8.83 Å². The van der Waals surface area contributed by atoms with Crippen molar-refractivity contribution in [2.45, 2.75) is 33.2 Å². The normalized spacial score (nSPS) is 13.4. The van der Waals surface area contributed by atoms with Crippen molar-refractivity contribution in [3.63, 3.8) is 0 Å². The van der Waals surface area contributed by atoms with Gasteiger partial charge in [-0.3, -0.25) is 9.59 Å². The lowest BCUT2D eigenvalue weighted by Crippen LogP contribution is -2.35. The maximum absolute atomic E-state index is 12.5. The fourth-order valence-corrected chi connectivity index (χ4v) is 3.54. The van der Waals surface area contributed by atoms with Crippen molar-refractivity contribution in [1.29, 1.82) is 0 Å². The molecule has 3 aromatic rings. The van der Waals surface area contributed by atoms with Gasteiger partial charge in [0.15, 0.2) is 5.76 Å². The zero-order valence-corrected chi connectivity index (χ0v) is 16.6. The van der Waals surface area contributed by atoms with E-state index in [1.807, 2.05) is 44.2 Å². The van der Waals surface area contributed by atoms with Gasteiger partial charge in [-0.2, -0.15) is 0 Å². The molecular formula is C23H24N2O4. The molecule has 4 rings (SSSR count). The van der Waals surface area contributed by atoms with Crippen LogP contribution in [0.15, 0.2) is 57.6 Å². The number of hydrogen-bond acceptors (Lipinski definition) is 4. The first-order valence-electron chi connectivity index (χ1n) is 9.84. The number of rotatable bonds is 5. The largest absolute Gasteiger partial charge is 0.461 e. The Kier molecular flexibility index (Phi) is 5.25. The van der Waals surface area contributed by atoms with Gasteiger partial charge in [0.25, 0.3) is 5.91 Å². The predicted octanol–water partition coefficient (Wildman–Crippen LogP) is 4.72. The van der Waals surface area contributed by atoms with Crippen LogP contribution in [0.5, 0.6) is 0 Å². The van der Waals surface area contributed by atoms with Gasteiger partial charge in [0.05, 0.1) is 6.26 Å². The summed E-state index contributed by atoms with van der Waals surface area (Å²) in [6.45, 7) is 5.11. The number of amides is 2. The SMILES string of the molecule is CC(C)CC(=O)Nc1cccc(-c2cc3c(o2)CCN(C(=O)c2ccco2)C3)c1. The highest BCUT2D eigenvalue weighted by molar-refractivity contribution is 5.92. The molecule has 1 aliphatic heterocycles. The lowest BCUT2D eigenvalue weighted by Gasteiger charge is -2.25. The predicted molar refractivity (Wildman–Crippen MR) is 109 cm³/mol. The molecule has 6 nitrogen and oxygen atoms in total. The molecule has 0 saturated heterocycles. The van der Waals surface area contributed by atoms with E-state index in [1.165, 1.54) is 6.26 Å². The molecular weight excluding hydrogens is 368 g/mol. The molecule has 150 valence electrons. The smallest absolute Gasteiger partial charge is 0.289 e. The van der Waals surface area contributed by atoms with Crippen LogP contribution in [-0.4, -0.2) is 23.3 Å². The quantitative estimate of drug-likeness (QED) is 0.681. The lowest BCUT2D eigenvalue weighted by molar-refractivity contribution is -0.116. The third-order valence-corrected chi connectivity index (χ3v) is 4.91. The van der Waals surface area contributed by atoms with E-state index in [-0.39, 0.29) is 11.8 Å². The van der Waals surface area contributed by atoms with Crippen molar-refractivity contribution < 1.29 is 18.4 Å². The fourth-order valence-electron chi connectivity index (χ4n) is 3.54. The Morgan fingerprint density at radius 3 is 2.79 bits per heavy atom. The zero-order chi connectivity index (χ0) is 20.4. The molecule has 6 heteroatoms. The second-order valence-electron chi connectivity index (χ2n) is 7.74. The number of carbonyl (C=O) groups is 2. The van der Waals surface area contributed by atoms with Crippen molar-refractivity contribution in [3.8, 4) is 11.3 Å². The van der Waals surface area contributed by atoms with Crippen molar-refractivity contribution in [1.82, 2.24) is 4.90 Å². The van der Waals surface area contributed by atoms with Crippen molar-refractivity contribution in [2.75, 3.05) is 11.9 Å². The number of hydrogen-bond donors (Lipinski definition) is 1. The molecule has 0 saturated carbocycles. The molecule has 1 N–H and O–H groups in total. The molecule has 2 aromatic heterocycles. The standard InChI is InChI=1S/C23H24N2O4/c1-15(2)11-22(26)24-18-6-3-5-16(12-18)21-13-17-14-25(9-8-19(17)29-21)23(27)20-7-4-10-28-20/h3-7,10,12-13,15H,8-9,11,14H2,1-2H3,(H,24,26). The average Bonchev–Trinajstić information content (AvgIpc) is 3.36. The number of nitrogens with zero attached hydrogens (tertiary/aromatic N) is 1. The van der Waals surface area contributed by atoms with Crippen LogP contribution in [0, 0.1) is 5.92 Å². The first-order chi connectivity index (χ1) is 14.0. The Morgan fingerprint density at radius 1 is 1.17 bits per heavy atom. The van der Waals surface area contributed by atoms with Crippen LogP contribution in [0.25, 0.3) is 11.3 Å². The summed E-state index contributed by atoms with van der Waals surface area (Å²) in [4.78, 5) is 26.3. The van der Waals surface area contributed by atoms with Crippen molar-refractivity contribution >= 4 is 17.5 Å². The third kappa shape index (κ3) is 4.26. The average molecular weight is 392 g/mol. The topological polar surface area (TPSA) is 75.7 Å². The van der Waals surface area contributed by atoms with Gasteiger partial charge in [-0.15, -0.1) is 0 Å². The zero-order valence-electron chi connectivity index (χ0n) is 16.6. The Morgan fingerprint density at radius 2 is 2.03 bits per heavy atom. The van der Waals surface area contributed by atoms with Crippen LogP contribution < -0.4 is 5.32 Å². The highest BCUT2D eigenvalue weighted by atomic mass is 16.3. The van der Waals surface area contributed by atoms with Gasteiger partial charge < -0.3 is 19.1 Å². The number of carbonyl (C=O) groups excluding carboxylic acids is 2. The Hall–Kier alpha value is -3.28. The summed E-state index contributed by atoms with van der Waals surface area (Å²) < 4.78 is 11.3. The molecule has 0 fully saturated rings. The van der Waals surface area contributed by atoms with E-state index in [0.717, 1.165) is 28.3 Å². The molecule has 1 aromatic carbocycles. The van der Waals surface area contributed by atoms with Crippen LogP contribution in [0.2, 0.25) is 0 Å². The van der Waals surface area contributed by atoms with Gasteiger partial charge in [-0.25, -0.2) is 0 Å². The number of fused-ring (bicyclic) bond motifs is 1. The van der Waals surface area contributed by atoms with Crippen LogP contribution in [0.3, 0.4) is 0 Å². The van der Waals surface area contributed by atoms with Crippen LogP contribution >= 0.6 is 0 Å². The molecule has 29 heavy (non-hydrogen) atoms. The molecule has 3 heterocycles. The summed E-state index contributed by atoms with van der Waals surface area (Å²) in [6.07, 6.45) is 2.65. The number of anilines is 1. The first-order valence-corrected chi connectivity index (χ1v) is 9.84. The molecule has 0 aliphatic carbocycles. The minimum Gasteiger partial charge on any atom is -0.461 e. The molecule has 0 bridgehead atoms. The van der Waals surface area contributed by atoms with Gasteiger partial charge in [0.1, 0.15) is 11.5 Å². The second-order valence-corrected chi connectivity index (χ2v) is 7.74. The maximum atomic E-state index is 12.5. The van der Waals surface area contributed by atoms with E-state index >= 15 is 0 Å². The maximum Gasteiger partial charge on any atom is 0.289 e. The fraction of sp³-hybridized carbons (Fsp3) is 0.304. The minimum atomic E-state index is -0.113. The van der Waals surface area contributed by atoms with Crippen LogP contribution in [0.4, 0.5) is 5.69 Å². The van der Waals surface area contributed by atoms with E-state index < -0.39 is 0 Å². The van der Waals surface area contributed by atoms with Gasteiger partial charge in [-0.1, -0.05) is 26.0 Å². The summed E-state index contributed by atoms with van der Waals surface area (Å²) >= 11 is 0. The van der Waals surface area contributed by atoms with E-state index in [1.54, 1.807) is 17.0 Å². The molecule has 0 spiro atoms. The van der Waals surface area contributed by atoms with Gasteiger partial charge in [0, 0.05) is 42.7 Å². The summed E-state index contributed by atoms with van der Waals surface area (Å²) in [7, 11) is 0. The highest BCUT2D eigenvalue weighted by Crippen LogP contribution is 2.31. The minimum absolute atomic E-state index is 0.00275. The summed E-state index contributed by atoms with van der Waals surface area (Å²) in [5.41, 5.74) is 2.64. The van der Waals surface area contributed by atoms with Crippen LogP contribution in [-0.2, 0) is 17.8 Å². The highest BCUT2D eigenvalue weighted by Gasteiger charge is 2.26. The monoisotopic (exact) mass is 392 g/mol. The summed E-state index contributed by atoms with van der Waals surface area (Å²) in [5, 5.41) is 2.94. The first kappa shape index (κ1) is 19.1. The molecule has 0 unspecified atom stereocenters. The van der Waals surface area contributed by atoms with Crippen LogP contribution in [0.1, 0.15) is 42.1 Å². The van der Waals surface area contributed by atoms with E-state index in [9.17, 15) is 9.59 Å². The summed E-state index contributed by atoms with van der Waals surface area (Å²) in [5.74, 6) is 2.19. The van der Waals surface area contributed by atoms with Gasteiger partial charge in [-0.05, 0) is 36.2 Å². The van der Waals surface area contributed by atoms with Crippen molar-refractivity contribution in [3.05, 3.63) is 65.8 Å². The van der Waals surface area contributed by atoms with Gasteiger partial charge >= 0.3 is 0 Å². The lowest BCUT2D eigenvalue weighted by atomic mass is 10.1. The van der Waals surface area contributed by atoms with Crippen molar-refractivity contribution in [2.24, 2.45) is 5.92 Å². The molecule has 0 atom stereocenters. The summed E-state index contributed by atoms with van der Waals surface area (Å²) in [6, 6.07) is 13.0. The molecule has 2 amide bonds. The number of benzene rings is 1. The van der Waals surface area contributed by atoms with E-state index in [2.05, 4.69) is 5.32 Å². The number of nitrogens with one attached hydrogen (secondary N) is 1. The Balaban J connectivity index is 1.50. The van der Waals surface area contributed by atoms with Gasteiger partial charge in [0.2, 0.25) is 5.91 Å².